The molecule has 1 unspecified atom stereocenters. The monoisotopic (exact) mass is 354 g/mol. The van der Waals surface area contributed by atoms with Crippen LogP contribution in [0.4, 0.5) is 0 Å². The average molecular weight is 354 g/mol. The number of aromatic nitrogens is 1. The Kier molecular flexibility index (Phi) is 5.26. The van der Waals surface area contributed by atoms with Crippen LogP contribution in [0.3, 0.4) is 0 Å². The third-order valence-corrected chi connectivity index (χ3v) is 7.27. The van der Waals surface area contributed by atoms with Gasteiger partial charge < -0.3 is 4.90 Å². The largest absolute Gasteiger partial charge is 0.335 e. The van der Waals surface area contributed by atoms with Crippen molar-refractivity contribution in [3.8, 4) is 0 Å². The number of amides is 1. The van der Waals surface area contributed by atoms with Crippen molar-refractivity contribution in [1.82, 2.24) is 9.88 Å². The van der Waals surface area contributed by atoms with Crippen LogP contribution in [0, 0.1) is 0 Å². The topological polar surface area (TPSA) is 67.3 Å². The maximum Gasteiger partial charge on any atom is 0.233 e. The first-order valence-electron chi connectivity index (χ1n) is 8.10. The number of carbonyl (C=O) groups excluding carboxylic acids is 1. The zero-order valence-corrected chi connectivity index (χ0v) is 14.7. The summed E-state index contributed by atoms with van der Waals surface area (Å²) in [7, 11) is -2.98. The van der Waals surface area contributed by atoms with Crippen molar-refractivity contribution < 1.29 is 13.2 Å². The smallest absolute Gasteiger partial charge is 0.233 e. The highest BCUT2D eigenvalue weighted by molar-refractivity contribution is 7.99. The minimum absolute atomic E-state index is 0.0506. The lowest BCUT2D eigenvalue weighted by Crippen LogP contribution is -2.47. The third-order valence-electron chi connectivity index (χ3n) is 4.59. The molecule has 1 aliphatic heterocycles. The lowest BCUT2D eigenvalue weighted by molar-refractivity contribution is -0.132. The fourth-order valence-electron chi connectivity index (χ4n) is 3.53. The van der Waals surface area contributed by atoms with Crippen LogP contribution in [0.2, 0.25) is 0 Å². The number of pyridine rings is 1. The van der Waals surface area contributed by atoms with E-state index < -0.39 is 9.84 Å². The molecule has 1 atom stereocenters. The van der Waals surface area contributed by atoms with Crippen LogP contribution < -0.4 is 0 Å². The van der Waals surface area contributed by atoms with E-state index in [1.165, 1.54) is 11.8 Å². The Labute approximate surface area is 141 Å². The Morgan fingerprint density at radius 3 is 2.61 bits per heavy atom. The summed E-state index contributed by atoms with van der Waals surface area (Å²) in [6.45, 7) is 0. The summed E-state index contributed by atoms with van der Waals surface area (Å²) < 4.78 is 23.6. The van der Waals surface area contributed by atoms with E-state index in [2.05, 4.69) is 4.98 Å². The molecule has 0 spiro atoms. The molecule has 1 saturated carbocycles. The summed E-state index contributed by atoms with van der Waals surface area (Å²) in [6.07, 6.45) is 6.54. The minimum Gasteiger partial charge on any atom is -0.335 e. The summed E-state index contributed by atoms with van der Waals surface area (Å²) in [4.78, 5) is 18.9. The first kappa shape index (κ1) is 16.8. The van der Waals surface area contributed by atoms with Crippen LogP contribution in [0.1, 0.15) is 32.1 Å². The van der Waals surface area contributed by atoms with Gasteiger partial charge in [0, 0.05) is 18.3 Å². The Bertz CT molecular complexity index is 643. The fourth-order valence-corrected chi connectivity index (χ4v) is 5.97. The Morgan fingerprint density at radius 1 is 1.22 bits per heavy atom. The molecule has 3 rings (SSSR count). The van der Waals surface area contributed by atoms with Gasteiger partial charge in [0.15, 0.2) is 9.84 Å². The molecule has 2 heterocycles. The molecule has 5 nitrogen and oxygen atoms in total. The van der Waals surface area contributed by atoms with Crippen LogP contribution >= 0.6 is 11.8 Å². The zero-order chi connectivity index (χ0) is 16.3. The number of hydrogen-bond acceptors (Lipinski definition) is 5. The van der Waals surface area contributed by atoms with Crippen LogP contribution in [0.25, 0.3) is 0 Å². The molecule has 2 aliphatic rings. The predicted octanol–water partition coefficient (Wildman–Crippen LogP) is 2.13. The normalized spacial score (nSPS) is 23.9. The van der Waals surface area contributed by atoms with Gasteiger partial charge in [0.2, 0.25) is 5.91 Å². The molecule has 23 heavy (non-hydrogen) atoms. The molecular weight excluding hydrogens is 332 g/mol. The predicted molar refractivity (Wildman–Crippen MR) is 91.1 cm³/mol. The molecule has 1 amide bonds. The fraction of sp³-hybridized carbons (Fsp3) is 0.625. The molecule has 0 aromatic carbocycles. The van der Waals surface area contributed by atoms with Crippen LogP contribution in [0.15, 0.2) is 29.4 Å². The van der Waals surface area contributed by atoms with Crippen LogP contribution in [0.5, 0.6) is 0 Å². The SMILES string of the molecule is O=C(CSc1ccccn1)N(C1CCCC1)C1CCS(=O)(=O)C1. The summed E-state index contributed by atoms with van der Waals surface area (Å²) in [5.74, 6) is 0.712. The quantitative estimate of drug-likeness (QED) is 0.758. The summed E-state index contributed by atoms with van der Waals surface area (Å²) >= 11 is 1.42. The number of thioether (sulfide) groups is 1. The lowest BCUT2D eigenvalue weighted by Gasteiger charge is -2.34. The van der Waals surface area contributed by atoms with Crippen molar-refractivity contribution in [3.05, 3.63) is 24.4 Å². The lowest BCUT2D eigenvalue weighted by atomic mass is 10.1. The maximum atomic E-state index is 12.8. The highest BCUT2D eigenvalue weighted by Gasteiger charge is 2.38. The Balaban J connectivity index is 1.68. The van der Waals surface area contributed by atoms with Gasteiger partial charge in [-0.05, 0) is 31.4 Å². The van der Waals surface area contributed by atoms with Gasteiger partial charge >= 0.3 is 0 Å². The highest BCUT2D eigenvalue weighted by Crippen LogP contribution is 2.30. The molecule has 2 fully saturated rings. The van der Waals surface area contributed by atoms with Gasteiger partial charge in [-0.25, -0.2) is 13.4 Å². The average Bonchev–Trinajstić information content (AvgIpc) is 3.17. The minimum atomic E-state index is -2.98. The van der Waals surface area contributed by atoms with Crippen molar-refractivity contribution in [2.24, 2.45) is 0 Å². The molecule has 126 valence electrons. The highest BCUT2D eigenvalue weighted by atomic mass is 32.2. The van der Waals surface area contributed by atoms with Gasteiger partial charge in [0.25, 0.3) is 0 Å². The van der Waals surface area contributed by atoms with E-state index in [1.54, 1.807) is 6.20 Å². The number of nitrogens with zero attached hydrogens (tertiary/aromatic N) is 2. The van der Waals surface area contributed by atoms with E-state index in [9.17, 15) is 13.2 Å². The molecule has 1 aliphatic carbocycles. The van der Waals surface area contributed by atoms with Crippen molar-refractivity contribution in [2.75, 3.05) is 17.3 Å². The molecule has 0 radical (unpaired) electrons. The second-order valence-corrected chi connectivity index (χ2v) is 9.48. The summed E-state index contributed by atoms with van der Waals surface area (Å²) in [5.41, 5.74) is 0. The molecule has 0 bridgehead atoms. The Hall–Kier alpha value is -1.08. The Morgan fingerprint density at radius 2 is 2.00 bits per heavy atom. The van der Waals surface area contributed by atoms with Gasteiger partial charge in [-0.3, -0.25) is 4.79 Å². The number of sulfone groups is 1. The molecule has 1 aromatic heterocycles. The number of rotatable bonds is 5. The van der Waals surface area contributed by atoms with E-state index in [0.29, 0.717) is 12.2 Å². The molecular formula is C16H22N2O3S2. The zero-order valence-electron chi connectivity index (χ0n) is 13.1. The molecule has 1 saturated heterocycles. The maximum absolute atomic E-state index is 12.8. The van der Waals surface area contributed by atoms with Crippen LogP contribution in [-0.2, 0) is 14.6 Å². The van der Waals surface area contributed by atoms with Gasteiger partial charge in [0.1, 0.15) is 0 Å². The summed E-state index contributed by atoms with van der Waals surface area (Å²) in [5, 5.41) is 0.825. The second-order valence-electron chi connectivity index (χ2n) is 6.25. The first-order chi connectivity index (χ1) is 11.1. The van der Waals surface area contributed by atoms with Gasteiger partial charge in [-0.1, -0.05) is 30.7 Å². The second kappa shape index (κ2) is 7.21. The van der Waals surface area contributed by atoms with E-state index in [-0.39, 0.29) is 29.5 Å². The molecule has 1 aromatic rings. The van der Waals surface area contributed by atoms with Crippen LogP contribution in [-0.4, -0.2) is 53.6 Å². The summed E-state index contributed by atoms with van der Waals surface area (Å²) in [6, 6.07) is 5.71. The van der Waals surface area contributed by atoms with Crippen molar-refractivity contribution in [1.29, 1.82) is 0 Å². The van der Waals surface area contributed by atoms with Crippen molar-refractivity contribution in [2.45, 2.75) is 49.2 Å². The first-order valence-corrected chi connectivity index (χ1v) is 10.9. The number of hydrogen-bond donors (Lipinski definition) is 0. The van der Waals surface area contributed by atoms with Gasteiger partial charge in [-0.2, -0.15) is 0 Å². The van der Waals surface area contributed by atoms with Crippen molar-refractivity contribution in [3.63, 3.8) is 0 Å². The number of carbonyl (C=O) groups is 1. The standard InChI is InChI=1S/C16H22N2O3S2/c19-16(11-22-15-7-3-4-9-17-15)18(13-5-1-2-6-13)14-8-10-23(20,21)12-14/h3-4,7,9,13-14H,1-2,5-6,8,10-12H2. The van der Waals surface area contributed by atoms with Gasteiger partial charge in [0.05, 0.1) is 22.3 Å². The van der Waals surface area contributed by atoms with E-state index in [1.807, 2.05) is 23.1 Å². The third kappa shape index (κ3) is 4.26. The molecule has 0 N–H and O–H groups in total. The molecule has 7 heteroatoms. The van der Waals surface area contributed by atoms with E-state index >= 15 is 0 Å². The van der Waals surface area contributed by atoms with E-state index in [0.717, 1.165) is 30.7 Å². The van der Waals surface area contributed by atoms with E-state index in [4.69, 9.17) is 0 Å². The van der Waals surface area contributed by atoms with Gasteiger partial charge in [-0.15, -0.1) is 0 Å². The van der Waals surface area contributed by atoms with Crippen molar-refractivity contribution >= 4 is 27.5 Å².